The van der Waals surface area contributed by atoms with Crippen LogP contribution in [0.1, 0.15) is 5.56 Å². The quantitative estimate of drug-likeness (QED) is 0.569. The molecule has 0 aromatic heterocycles. The summed E-state index contributed by atoms with van der Waals surface area (Å²) < 4.78 is 13.7. The maximum Gasteiger partial charge on any atom is 0.129 e. The van der Waals surface area contributed by atoms with Crippen molar-refractivity contribution < 1.29 is 4.39 Å². The summed E-state index contributed by atoms with van der Waals surface area (Å²) >= 11 is 7.44. The van der Waals surface area contributed by atoms with Gasteiger partial charge in [0.05, 0.1) is 0 Å². The van der Waals surface area contributed by atoms with Crippen molar-refractivity contribution >= 4 is 29.1 Å². The van der Waals surface area contributed by atoms with Crippen molar-refractivity contribution in [1.29, 1.82) is 0 Å². The molecule has 1 nitrogen and oxygen atoms in total. The summed E-state index contributed by atoms with van der Waals surface area (Å²) in [7, 11) is 0. The number of nitrogens with one attached hydrogen (secondary N) is 1. The van der Waals surface area contributed by atoms with Crippen LogP contribution in [0.5, 0.6) is 0 Å². The van der Waals surface area contributed by atoms with Crippen molar-refractivity contribution in [2.75, 3.05) is 11.1 Å². The van der Waals surface area contributed by atoms with Crippen LogP contribution in [-0.2, 0) is 6.54 Å². The lowest BCUT2D eigenvalue weighted by atomic mass is 10.2. The highest BCUT2D eigenvalue weighted by Gasteiger charge is 2.05. The normalized spacial score (nSPS) is 10.3. The number of rotatable bonds is 6. The van der Waals surface area contributed by atoms with Gasteiger partial charge >= 0.3 is 0 Å². The number of benzene rings is 2. The first-order valence-electron chi connectivity index (χ1n) is 6.21. The largest absolute Gasteiger partial charge is 0.380 e. The molecule has 0 unspecified atom stereocenters. The van der Waals surface area contributed by atoms with E-state index in [1.807, 2.05) is 30.3 Å². The third-order valence-electron chi connectivity index (χ3n) is 2.73. The Morgan fingerprint density at radius 3 is 2.80 bits per heavy atom. The molecule has 0 atom stereocenters. The molecule has 2 aromatic rings. The van der Waals surface area contributed by atoms with Gasteiger partial charge in [-0.25, -0.2) is 4.39 Å². The van der Waals surface area contributed by atoms with Crippen LogP contribution < -0.4 is 5.32 Å². The smallest absolute Gasteiger partial charge is 0.129 e. The van der Waals surface area contributed by atoms with Crippen molar-refractivity contribution in [3.63, 3.8) is 0 Å². The first-order chi connectivity index (χ1) is 9.70. The number of hydrogen-bond donors (Lipinski definition) is 1. The fourth-order valence-electron chi connectivity index (χ4n) is 1.74. The third-order valence-corrected chi connectivity index (χ3v) is 4.03. The standard InChI is InChI=1S/C16H15ClFNS/c1-2-9-20-16-6-4-3-5-15(16)19-11-12-7-8-13(17)10-14(12)18/h2-8,10,19H,1,9,11H2. The van der Waals surface area contributed by atoms with Crippen LogP contribution in [0.15, 0.2) is 60.0 Å². The van der Waals surface area contributed by atoms with Gasteiger partial charge in [-0.05, 0) is 24.3 Å². The third kappa shape index (κ3) is 4.02. The van der Waals surface area contributed by atoms with E-state index in [-0.39, 0.29) is 5.82 Å². The molecule has 104 valence electrons. The van der Waals surface area contributed by atoms with Crippen LogP contribution in [0.3, 0.4) is 0 Å². The fraction of sp³-hybridized carbons (Fsp3) is 0.125. The molecule has 1 N–H and O–H groups in total. The Kier molecular flexibility index (Phi) is 5.50. The predicted molar refractivity (Wildman–Crippen MR) is 86.1 cm³/mol. The van der Waals surface area contributed by atoms with Gasteiger partial charge in [0, 0.05) is 33.5 Å². The summed E-state index contributed by atoms with van der Waals surface area (Å²) in [5.41, 5.74) is 1.59. The Morgan fingerprint density at radius 2 is 2.05 bits per heavy atom. The van der Waals surface area contributed by atoms with Crippen LogP contribution in [0.25, 0.3) is 0 Å². The molecule has 0 amide bonds. The number of halogens is 2. The topological polar surface area (TPSA) is 12.0 Å². The minimum Gasteiger partial charge on any atom is -0.380 e. The van der Waals surface area contributed by atoms with Crippen molar-refractivity contribution in [3.05, 3.63) is 71.5 Å². The summed E-state index contributed by atoms with van der Waals surface area (Å²) in [5, 5.41) is 3.67. The summed E-state index contributed by atoms with van der Waals surface area (Å²) in [5.74, 6) is 0.551. The molecule has 0 aliphatic rings. The van der Waals surface area contributed by atoms with E-state index in [2.05, 4.69) is 11.9 Å². The molecule has 0 bridgehead atoms. The van der Waals surface area contributed by atoms with Crippen LogP contribution in [0, 0.1) is 5.82 Å². The summed E-state index contributed by atoms with van der Waals surface area (Å²) in [6, 6.07) is 12.7. The lowest BCUT2D eigenvalue weighted by Crippen LogP contribution is -2.02. The van der Waals surface area contributed by atoms with Crippen LogP contribution in [0.2, 0.25) is 5.02 Å². The lowest BCUT2D eigenvalue weighted by molar-refractivity contribution is 0.613. The first-order valence-corrected chi connectivity index (χ1v) is 7.57. The lowest BCUT2D eigenvalue weighted by Gasteiger charge is -2.11. The van der Waals surface area contributed by atoms with Gasteiger partial charge in [-0.1, -0.05) is 35.9 Å². The molecule has 0 aliphatic carbocycles. The highest BCUT2D eigenvalue weighted by molar-refractivity contribution is 7.99. The van der Waals surface area contributed by atoms with E-state index in [9.17, 15) is 4.39 Å². The van der Waals surface area contributed by atoms with Crippen LogP contribution in [-0.4, -0.2) is 5.75 Å². The van der Waals surface area contributed by atoms with E-state index in [1.165, 1.54) is 6.07 Å². The highest BCUT2D eigenvalue weighted by atomic mass is 35.5. The van der Waals surface area contributed by atoms with E-state index in [0.29, 0.717) is 17.1 Å². The summed E-state index contributed by atoms with van der Waals surface area (Å²) in [6.45, 7) is 4.14. The number of para-hydroxylation sites is 1. The molecule has 0 aliphatic heterocycles. The maximum atomic E-state index is 13.7. The SMILES string of the molecule is C=CCSc1ccccc1NCc1ccc(Cl)cc1F. The number of hydrogen-bond acceptors (Lipinski definition) is 2. The molecule has 2 aromatic carbocycles. The van der Waals surface area contributed by atoms with Crippen molar-refractivity contribution in [2.24, 2.45) is 0 Å². The number of thioether (sulfide) groups is 1. The first kappa shape index (κ1) is 14.9. The Morgan fingerprint density at radius 1 is 1.25 bits per heavy atom. The molecule has 0 fully saturated rings. The Hall–Kier alpha value is -1.45. The second kappa shape index (κ2) is 7.36. The second-order valence-corrected chi connectivity index (χ2v) is 5.68. The van der Waals surface area contributed by atoms with E-state index < -0.39 is 0 Å². The zero-order valence-electron chi connectivity index (χ0n) is 10.9. The molecule has 0 radical (unpaired) electrons. The molecular weight excluding hydrogens is 293 g/mol. The molecule has 4 heteroatoms. The predicted octanol–water partition coefficient (Wildman–Crippen LogP) is 5.37. The minimum atomic E-state index is -0.291. The fourth-order valence-corrected chi connectivity index (χ4v) is 2.67. The molecule has 20 heavy (non-hydrogen) atoms. The van der Waals surface area contributed by atoms with Gasteiger partial charge in [0.25, 0.3) is 0 Å². The van der Waals surface area contributed by atoms with Gasteiger partial charge in [0.1, 0.15) is 5.82 Å². The van der Waals surface area contributed by atoms with E-state index in [1.54, 1.807) is 23.9 Å². The molecule has 0 heterocycles. The summed E-state index contributed by atoms with van der Waals surface area (Å²) in [6.07, 6.45) is 1.86. The van der Waals surface area contributed by atoms with E-state index >= 15 is 0 Å². The Bertz CT molecular complexity index is 601. The highest BCUT2D eigenvalue weighted by Crippen LogP contribution is 2.27. The van der Waals surface area contributed by atoms with Gasteiger partial charge in [-0.15, -0.1) is 18.3 Å². The van der Waals surface area contributed by atoms with Crippen molar-refractivity contribution in [1.82, 2.24) is 0 Å². The average molecular weight is 308 g/mol. The Labute approximate surface area is 127 Å². The van der Waals surface area contributed by atoms with E-state index in [0.717, 1.165) is 16.3 Å². The molecular formula is C16H15ClFNS. The zero-order valence-corrected chi connectivity index (χ0v) is 12.5. The molecule has 2 rings (SSSR count). The second-order valence-electron chi connectivity index (χ2n) is 4.19. The molecule has 0 spiro atoms. The van der Waals surface area contributed by atoms with Crippen LogP contribution in [0.4, 0.5) is 10.1 Å². The molecule has 0 saturated heterocycles. The van der Waals surface area contributed by atoms with Gasteiger partial charge in [-0.2, -0.15) is 0 Å². The minimum absolute atomic E-state index is 0.291. The van der Waals surface area contributed by atoms with Gasteiger partial charge in [-0.3, -0.25) is 0 Å². The van der Waals surface area contributed by atoms with Gasteiger partial charge in [0.2, 0.25) is 0 Å². The maximum absolute atomic E-state index is 13.7. The average Bonchev–Trinajstić information content (AvgIpc) is 2.45. The zero-order chi connectivity index (χ0) is 14.4. The number of anilines is 1. The molecule has 0 saturated carbocycles. The monoisotopic (exact) mass is 307 g/mol. The van der Waals surface area contributed by atoms with Gasteiger partial charge in [0.15, 0.2) is 0 Å². The van der Waals surface area contributed by atoms with Crippen LogP contribution >= 0.6 is 23.4 Å². The van der Waals surface area contributed by atoms with Crippen molar-refractivity contribution in [3.8, 4) is 0 Å². The van der Waals surface area contributed by atoms with E-state index in [4.69, 9.17) is 11.6 Å². The summed E-state index contributed by atoms with van der Waals surface area (Å²) in [4.78, 5) is 1.13. The Balaban J connectivity index is 2.08. The van der Waals surface area contributed by atoms with Crippen molar-refractivity contribution in [2.45, 2.75) is 11.4 Å². The van der Waals surface area contributed by atoms with Gasteiger partial charge < -0.3 is 5.32 Å².